The maximum absolute atomic E-state index is 12.3. The smallest absolute Gasteiger partial charge is 0.223 e. The molecule has 0 aromatic heterocycles. The lowest BCUT2D eigenvalue weighted by Crippen LogP contribution is -2.47. The van der Waals surface area contributed by atoms with Crippen LogP contribution in [0.25, 0.3) is 0 Å². The van der Waals surface area contributed by atoms with E-state index in [0.29, 0.717) is 13.0 Å². The van der Waals surface area contributed by atoms with Crippen LogP contribution < -0.4 is 5.73 Å². The Morgan fingerprint density at radius 3 is 3.00 bits per heavy atom. The minimum atomic E-state index is 0.245. The summed E-state index contributed by atoms with van der Waals surface area (Å²) in [7, 11) is 0. The summed E-state index contributed by atoms with van der Waals surface area (Å²) in [4.78, 5) is 14.3. The molecule has 1 atom stereocenters. The van der Waals surface area contributed by atoms with Crippen LogP contribution in [0.1, 0.15) is 31.2 Å². The van der Waals surface area contributed by atoms with Gasteiger partial charge in [-0.3, -0.25) is 4.79 Å². The fourth-order valence-corrected chi connectivity index (χ4v) is 3.11. The molecule has 1 aromatic rings. The Hall–Kier alpha value is -0.870. The fourth-order valence-electron chi connectivity index (χ4n) is 2.66. The zero-order valence-electron chi connectivity index (χ0n) is 11.1. The molecule has 3 nitrogen and oxygen atoms in total. The largest absolute Gasteiger partial charge is 0.338 e. The van der Waals surface area contributed by atoms with Gasteiger partial charge in [-0.2, -0.15) is 0 Å². The van der Waals surface area contributed by atoms with E-state index < -0.39 is 0 Å². The van der Waals surface area contributed by atoms with Crippen molar-refractivity contribution in [3.8, 4) is 0 Å². The van der Waals surface area contributed by atoms with Crippen molar-refractivity contribution in [2.45, 2.75) is 38.1 Å². The first-order valence-electron chi connectivity index (χ1n) is 6.94. The van der Waals surface area contributed by atoms with Crippen LogP contribution >= 0.6 is 15.9 Å². The van der Waals surface area contributed by atoms with Crippen LogP contribution in [0.4, 0.5) is 0 Å². The van der Waals surface area contributed by atoms with Crippen molar-refractivity contribution in [2.75, 3.05) is 13.1 Å². The molecular weight excluding hydrogens is 304 g/mol. The van der Waals surface area contributed by atoms with Crippen molar-refractivity contribution < 1.29 is 4.79 Å². The number of carbonyl (C=O) groups is 1. The first-order chi connectivity index (χ1) is 9.20. The molecule has 0 spiro atoms. The van der Waals surface area contributed by atoms with Crippen LogP contribution in [0.2, 0.25) is 0 Å². The summed E-state index contributed by atoms with van der Waals surface area (Å²) in [6.45, 7) is 1.46. The van der Waals surface area contributed by atoms with Gasteiger partial charge < -0.3 is 10.6 Å². The summed E-state index contributed by atoms with van der Waals surface area (Å²) in [6.07, 6.45) is 4.73. The molecule has 0 radical (unpaired) electrons. The summed E-state index contributed by atoms with van der Waals surface area (Å²) in [6, 6.07) is 8.40. The van der Waals surface area contributed by atoms with Crippen LogP contribution in [0.3, 0.4) is 0 Å². The minimum Gasteiger partial charge on any atom is -0.338 e. The van der Waals surface area contributed by atoms with E-state index in [1.54, 1.807) is 0 Å². The van der Waals surface area contributed by atoms with E-state index in [-0.39, 0.29) is 11.9 Å². The number of aryl methyl sites for hydroxylation is 1. The second-order valence-corrected chi connectivity index (χ2v) is 6.02. The van der Waals surface area contributed by atoms with Gasteiger partial charge in [-0.05, 0) is 43.4 Å². The summed E-state index contributed by atoms with van der Waals surface area (Å²) in [5.41, 5.74) is 6.96. The Bertz CT molecular complexity index is 436. The third-order valence-electron chi connectivity index (χ3n) is 3.74. The lowest BCUT2D eigenvalue weighted by Gasteiger charge is -2.35. The van der Waals surface area contributed by atoms with Gasteiger partial charge >= 0.3 is 0 Å². The van der Waals surface area contributed by atoms with Crippen LogP contribution in [-0.2, 0) is 11.2 Å². The average molecular weight is 325 g/mol. The zero-order valence-corrected chi connectivity index (χ0v) is 12.7. The standard InChI is InChI=1S/C15H21BrN2O/c16-13-5-3-4-12(10-13)7-8-15(19)18-9-2-1-6-14(18)11-17/h3-5,10,14H,1-2,6-9,11,17H2. The number of hydrogen-bond acceptors (Lipinski definition) is 2. The van der Waals surface area contributed by atoms with Gasteiger partial charge in [0.2, 0.25) is 5.91 Å². The van der Waals surface area contributed by atoms with Crippen LogP contribution in [0.15, 0.2) is 28.7 Å². The predicted molar refractivity (Wildman–Crippen MR) is 80.9 cm³/mol. The maximum Gasteiger partial charge on any atom is 0.223 e. The van der Waals surface area contributed by atoms with E-state index in [2.05, 4.69) is 28.1 Å². The van der Waals surface area contributed by atoms with Crippen LogP contribution in [0.5, 0.6) is 0 Å². The van der Waals surface area contributed by atoms with Gasteiger partial charge in [-0.1, -0.05) is 28.1 Å². The molecule has 19 heavy (non-hydrogen) atoms. The molecule has 1 saturated heterocycles. The summed E-state index contributed by atoms with van der Waals surface area (Å²) in [5, 5.41) is 0. The Labute approximate surface area is 123 Å². The molecule has 2 rings (SSSR count). The van der Waals surface area contributed by atoms with Gasteiger partial charge in [0.1, 0.15) is 0 Å². The van der Waals surface area contributed by atoms with Gasteiger partial charge in [0.15, 0.2) is 0 Å². The van der Waals surface area contributed by atoms with Crippen molar-refractivity contribution in [1.82, 2.24) is 4.90 Å². The molecule has 1 aliphatic heterocycles. The van der Waals surface area contributed by atoms with E-state index >= 15 is 0 Å². The summed E-state index contributed by atoms with van der Waals surface area (Å²) < 4.78 is 1.07. The Morgan fingerprint density at radius 2 is 2.26 bits per heavy atom. The number of rotatable bonds is 4. The van der Waals surface area contributed by atoms with Crippen molar-refractivity contribution in [3.05, 3.63) is 34.3 Å². The maximum atomic E-state index is 12.3. The van der Waals surface area contributed by atoms with E-state index in [1.807, 2.05) is 17.0 Å². The molecule has 1 amide bonds. The van der Waals surface area contributed by atoms with Crippen molar-refractivity contribution in [3.63, 3.8) is 0 Å². The topological polar surface area (TPSA) is 46.3 Å². The van der Waals surface area contributed by atoms with Crippen molar-refractivity contribution >= 4 is 21.8 Å². The molecule has 4 heteroatoms. The quantitative estimate of drug-likeness (QED) is 0.925. The first-order valence-corrected chi connectivity index (χ1v) is 7.74. The Kier molecular flexibility index (Phi) is 5.40. The van der Waals surface area contributed by atoms with Crippen molar-refractivity contribution in [2.24, 2.45) is 5.73 Å². The minimum absolute atomic E-state index is 0.245. The third kappa shape index (κ3) is 4.05. The molecule has 2 N–H and O–H groups in total. The normalized spacial score (nSPS) is 19.5. The highest BCUT2D eigenvalue weighted by Crippen LogP contribution is 2.18. The number of nitrogens with two attached hydrogens (primary N) is 1. The predicted octanol–water partition coefficient (Wildman–Crippen LogP) is 2.72. The fraction of sp³-hybridized carbons (Fsp3) is 0.533. The molecule has 0 bridgehead atoms. The number of halogens is 1. The zero-order chi connectivity index (χ0) is 13.7. The average Bonchev–Trinajstić information content (AvgIpc) is 2.45. The number of hydrogen-bond donors (Lipinski definition) is 1. The van der Waals surface area contributed by atoms with Gasteiger partial charge in [0.25, 0.3) is 0 Å². The third-order valence-corrected chi connectivity index (χ3v) is 4.23. The van der Waals surface area contributed by atoms with E-state index in [0.717, 1.165) is 30.3 Å². The second-order valence-electron chi connectivity index (χ2n) is 5.10. The Morgan fingerprint density at radius 1 is 1.42 bits per heavy atom. The van der Waals surface area contributed by atoms with Gasteiger partial charge in [0, 0.05) is 30.0 Å². The molecule has 1 heterocycles. The number of amides is 1. The SMILES string of the molecule is NCC1CCCCN1C(=O)CCc1cccc(Br)c1. The number of nitrogens with zero attached hydrogens (tertiary/aromatic N) is 1. The summed E-state index contributed by atoms with van der Waals surface area (Å²) in [5.74, 6) is 0.245. The van der Waals surface area contributed by atoms with E-state index in [9.17, 15) is 4.79 Å². The van der Waals surface area contributed by atoms with Gasteiger partial charge in [-0.15, -0.1) is 0 Å². The molecule has 1 unspecified atom stereocenters. The number of likely N-dealkylation sites (tertiary alicyclic amines) is 1. The highest BCUT2D eigenvalue weighted by molar-refractivity contribution is 9.10. The highest BCUT2D eigenvalue weighted by atomic mass is 79.9. The van der Waals surface area contributed by atoms with Crippen LogP contribution in [-0.4, -0.2) is 29.9 Å². The molecule has 1 fully saturated rings. The molecule has 1 aromatic carbocycles. The summed E-state index contributed by atoms with van der Waals surface area (Å²) >= 11 is 3.45. The monoisotopic (exact) mass is 324 g/mol. The molecule has 104 valence electrons. The molecule has 0 saturated carbocycles. The molecule has 1 aliphatic rings. The van der Waals surface area contributed by atoms with Crippen molar-refractivity contribution in [1.29, 1.82) is 0 Å². The second kappa shape index (κ2) is 7.06. The lowest BCUT2D eigenvalue weighted by molar-refractivity contribution is -0.134. The van der Waals surface area contributed by atoms with Gasteiger partial charge in [0.05, 0.1) is 0 Å². The number of benzene rings is 1. The first kappa shape index (κ1) is 14.5. The van der Waals surface area contributed by atoms with E-state index in [4.69, 9.17) is 5.73 Å². The molecular formula is C15H21BrN2O. The highest BCUT2D eigenvalue weighted by Gasteiger charge is 2.24. The number of piperidine rings is 1. The Balaban J connectivity index is 1.89. The molecule has 0 aliphatic carbocycles. The lowest BCUT2D eigenvalue weighted by atomic mass is 10.0. The van der Waals surface area contributed by atoms with E-state index in [1.165, 1.54) is 12.0 Å². The van der Waals surface area contributed by atoms with Gasteiger partial charge in [-0.25, -0.2) is 0 Å². The number of carbonyl (C=O) groups excluding carboxylic acids is 1. The van der Waals surface area contributed by atoms with Crippen LogP contribution in [0, 0.1) is 0 Å².